The number of rotatable bonds is 3. The van der Waals surface area contributed by atoms with Crippen LogP contribution in [-0.2, 0) is 9.47 Å². The third-order valence-corrected chi connectivity index (χ3v) is 5.56. The molecule has 0 aromatic heterocycles. The van der Waals surface area contributed by atoms with Crippen LogP contribution in [0, 0.1) is 17.8 Å². The van der Waals surface area contributed by atoms with Gasteiger partial charge in [0.15, 0.2) is 0 Å². The van der Waals surface area contributed by atoms with Crippen molar-refractivity contribution in [2.24, 2.45) is 17.8 Å². The number of nitrogens with one attached hydrogen (secondary N) is 1. The summed E-state index contributed by atoms with van der Waals surface area (Å²) in [6.07, 6.45) is 8.75. The van der Waals surface area contributed by atoms with Gasteiger partial charge in [-0.3, -0.25) is 0 Å². The lowest BCUT2D eigenvalue weighted by Gasteiger charge is -2.56. The summed E-state index contributed by atoms with van der Waals surface area (Å²) in [6.45, 7) is 3.61. The summed E-state index contributed by atoms with van der Waals surface area (Å²) in [7, 11) is 0. The molecular weight excluding hydrogens is 226 g/mol. The van der Waals surface area contributed by atoms with Crippen LogP contribution >= 0.6 is 0 Å². The predicted molar refractivity (Wildman–Crippen MR) is 69.5 cm³/mol. The Morgan fingerprint density at radius 3 is 2.28 bits per heavy atom. The van der Waals surface area contributed by atoms with Gasteiger partial charge in [-0.25, -0.2) is 0 Å². The second-order valence-corrected chi connectivity index (χ2v) is 7.11. The summed E-state index contributed by atoms with van der Waals surface area (Å²) in [5, 5.41) is 3.39. The zero-order valence-corrected chi connectivity index (χ0v) is 11.2. The molecule has 3 nitrogen and oxygen atoms in total. The standard InChI is InChI=1S/C15H25NO2/c1-2-17-14(9-16-1)10-18-15-6-11-3-12(7-15)5-13(4-11)8-15/h11-14,16H,1-10H2. The number of ether oxygens (including phenoxy) is 2. The van der Waals surface area contributed by atoms with Crippen molar-refractivity contribution in [2.75, 3.05) is 26.3 Å². The SMILES string of the molecule is C1COC(COC23CC4CC(CC(C4)C2)C3)CN1. The maximum absolute atomic E-state index is 6.42. The first-order chi connectivity index (χ1) is 8.81. The van der Waals surface area contributed by atoms with Crippen molar-refractivity contribution >= 4 is 0 Å². The highest BCUT2D eigenvalue weighted by Gasteiger charge is 2.51. The van der Waals surface area contributed by atoms with Crippen LogP contribution in [0.25, 0.3) is 0 Å². The van der Waals surface area contributed by atoms with Gasteiger partial charge >= 0.3 is 0 Å². The van der Waals surface area contributed by atoms with E-state index in [-0.39, 0.29) is 11.7 Å². The molecule has 1 atom stereocenters. The van der Waals surface area contributed by atoms with Crippen LogP contribution in [0.1, 0.15) is 38.5 Å². The maximum atomic E-state index is 6.42. The fraction of sp³-hybridized carbons (Fsp3) is 1.00. The number of hydrogen-bond acceptors (Lipinski definition) is 3. The Bertz CT molecular complexity index is 276. The van der Waals surface area contributed by atoms with Gasteiger partial charge in [-0.05, 0) is 56.3 Å². The van der Waals surface area contributed by atoms with E-state index < -0.39 is 0 Å². The van der Waals surface area contributed by atoms with Gasteiger partial charge in [0.2, 0.25) is 0 Å². The summed E-state index contributed by atoms with van der Waals surface area (Å²) < 4.78 is 12.2. The number of morpholine rings is 1. The molecule has 3 heteroatoms. The molecule has 0 aromatic carbocycles. The third kappa shape index (κ3) is 2.10. The largest absolute Gasteiger partial charge is 0.373 e. The highest BCUT2D eigenvalue weighted by atomic mass is 16.5. The average molecular weight is 251 g/mol. The van der Waals surface area contributed by atoms with Crippen LogP contribution in [0.5, 0.6) is 0 Å². The molecule has 0 radical (unpaired) electrons. The molecular formula is C15H25NO2. The van der Waals surface area contributed by atoms with Crippen molar-refractivity contribution in [3.8, 4) is 0 Å². The molecule has 1 saturated heterocycles. The highest BCUT2D eigenvalue weighted by molar-refractivity contribution is 5.03. The Labute approximate surface area is 110 Å². The van der Waals surface area contributed by atoms with Crippen LogP contribution in [-0.4, -0.2) is 38.0 Å². The molecule has 5 fully saturated rings. The molecule has 0 spiro atoms. The molecule has 4 bridgehead atoms. The molecule has 5 aliphatic rings. The Morgan fingerprint density at radius 2 is 1.72 bits per heavy atom. The number of hydrogen-bond donors (Lipinski definition) is 1. The van der Waals surface area contributed by atoms with Gasteiger partial charge in [0.1, 0.15) is 0 Å². The van der Waals surface area contributed by atoms with Crippen molar-refractivity contribution in [1.82, 2.24) is 5.32 Å². The van der Waals surface area contributed by atoms with Gasteiger partial charge in [-0.1, -0.05) is 0 Å². The topological polar surface area (TPSA) is 30.5 Å². The minimum Gasteiger partial charge on any atom is -0.373 e. The Kier molecular flexibility index (Phi) is 2.90. The van der Waals surface area contributed by atoms with Crippen molar-refractivity contribution in [2.45, 2.75) is 50.2 Å². The highest BCUT2D eigenvalue weighted by Crippen LogP contribution is 2.57. The van der Waals surface area contributed by atoms with Gasteiger partial charge in [0, 0.05) is 13.1 Å². The minimum absolute atomic E-state index is 0.246. The van der Waals surface area contributed by atoms with E-state index in [0.717, 1.165) is 44.1 Å². The summed E-state index contributed by atoms with van der Waals surface area (Å²) in [6, 6.07) is 0. The summed E-state index contributed by atoms with van der Waals surface area (Å²) in [5.74, 6) is 2.92. The molecule has 102 valence electrons. The quantitative estimate of drug-likeness (QED) is 0.832. The molecule has 1 unspecified atom stereocenters. The molecule has 4 saturated carbocycles. The molecule has 1 aliphatic heterocycles. The fourth-order valence-electron chi connectivity index (χ4n) is 5.20. The maximum Gasteiger partial charge on any atom is 0.0933 e. The molecule has 1 N–H and O–H groups in total. The van der Waals surface area contributed by atoms with E-state index in [1.54, 1.807) is 0 Å². The minimum atomic E-state index is 0.246. The third-order valence-electron chi connectivity index (χ3n) is 5.56. The summed E-state index contributed by atoms with van der Waals surface area (Å²) in [5.41, 5.74) is 0.246. The normalized spacial score (nSPS) is 50.7. The second kappa shape index (κ2) is 4.46. The second-order valence-electron chi connectivity index (χ2n) is 7.11. The van der Waals surface area contributed by atoms with Crippen molar-refractivity contribution < 1.29 is 9.47 Å². The van der Waals surface area contributed by atoms with E-state index >= 15 is 0 Å². The van der Waals surface area contributed by atoms with Crippen molar-refractivity contribution in [3.63, 3.8) is 0 Å². The lowest BCUT2D eigenvalue weighted by molar-refractivity contribution is -0.181. The molecule has 4 aliphatic carbocycles. The van der Waals surface area contributed by atoms with Crippen LogP contribution in [0.4, 0.5) is 0 Å². The average Bonchev–Trinajstić information content (AvgIpc) is 2.36. The summed E-state index contributed by atoms with van der Waals surface area (Å²) >= 11 is 0. The van der Waals surface area contributed by atoms with Crippen LogP contribution in [0.2, 0.25) is 0 Å². The first kappa shape index (κ1) is 11.7. The molecule has 0 aromatic rings. The predicted octanol–water partition coefficient (Wildman–Crippen LogP) is 1.96. The zero-order chi connectivity index (χ0) is 12.0. The monoisotopic (exact) mass is 251 g/mol. The molecule has 0 amide bonds. The van der Waals surface area contributed by atoms with E-state index in [2.05, 4.69) is 5.32 Å². The van der Waals surface area contributed by atoms with Crippen LogP contribution < -0.4 is 5.32 Å². The van der Waals surface area contributed by atoms with Crippen LogP contribution in [0.3, 0.4) is 0 Å². The van der Waals surface area contributed by atoms with E-state index in [0.29, 0.717) is 0 Å². The van der Waals surface area contributed by atoms with Crippen molar-refractivity contribution in [1.29, 1.82) is 0 Å². The Balaban J connectivity index is 1.38. The van der Waals surface area contributed by atoms with Gasteiger partial charge < -0.3 is 14.8 Å². The summed E-state index contributed by atoms with van der Waals surface area (Å²) in [4.78, 5) is 0. The molecule has 5 rings (SSSR count). The van der Waals surface area contributed by atoms with Gasteiger partial charge in [-0.2, -0.15) is 0 Å². The first-order valence-corrected chi connectivity index (χ1v) is 7.78. The smallest absolute Gasteiger partial charge is 0.0933 e. The van der Waals surface area contributed by atoms with Gasteiger partial charge in [-0.15, -0.1) is 0 Å². The fourth-order valence-corrected chi connectivity index (χ4v) is 5.20. The molecule has 18 heavy (non-hydrogen) atoms. The van der Waals surface area contributed by atoms with Crippen LogP contribution in [0.15, 0.2) is 0 Å². The van der Waals surface area contributed by atoms with E-state index in [1.807, 2.05) is 0 Å². The van der Waals surface area contributed by atoms with Gasteiger partial charge in [0.25, 0.3) is 0 Å². The van der Waals surface area contributed by atoms with E-state index in [9.17, 15) is 0 Å². The van der Waals surface area contributed by atoms with Gasteiger partial charge in [0.05, 0.1) is 24.9 Å². The Hall–Kier alpha value is -0.120. The molecule has 1 heterocycles. The Morgan fingerprint density at radius 1 is 1.06 bits per heavy atom. The van der Waals surface area contributed by atoms with E-state index in [4.69, 9.17) is 9.47 Å². The lowest BCUT2D eigenvalue weighted by Crippen LogP contribution is -2.53. The first-order valence-electron chi connectivity index (χ1n) is 7.78. The van der Waals surface area contributed by atoms with E-state index in [1.165, 1.54) is 38.5 Å². The van der Waals surface area contributed by atoms with Crippen molar-refractivity contribution in [3.05, 3.63) is 0 Å². The zero-order valence-electron chi connectivity index (χ0n) is 11.2. The lowest BCUT2D eigenvalue weighted by atomic mass is 9.54.